The topological polar surface area (TPSA) is 57.3 Å². The maximum atomic E-state index is 12.1. The van der Waals surface area contributed by atoms with Crippen molar-refractivity contribution >= 4 is 11.7 Å². The Morgan fingerprint density at radius 3 is 3.00 bits per heavy atom. The number of hydrogen-bond donors (Lipinski definition) is 2. The van der Waals surface area contributed by atoms with E-state index in [9.17, 15) is 4.79 Å². The van der Waals surface area contributed by atoms with Crippen molar-refractivity contribution in [2.24, 2.45) is 0 Å². The Hall–Kier alpha value is -1.62. The summed E-state index contributed by atoms with van der Waals surface area (Å²) in [6.07, 6.45) is 1.79. The Bertz CT molecular complexity index is 487. The standard InChI is InChI=1S/C15H24N4O/c1-5-16-11(2)12-7-6-8-17-13(12)19-10-9-18-14(20)15(19,3)4/h6-8,11,16H,5,9-10H2,1-4H3,(H,18,20). The van der Waals surface area contributed by atoms with Crippen LogP contribution >= 0.6 is 0 Å². The van der Waals surface area contributed by atoms with Crippen LogP contribution in [0, 0.1) is 0 Å². The van der Waals surface area contributed by atoms with Crippen molar-refractivity contribution < 1.29 is 4.79 Å². The van der Waals surface area contributed by atoms with Crippen LogP contribution in [0.4, 0.5) is 5.82 Å². The lowest BCUT2D eigenvalue weighted by Crippen LogP contribution is -2.62. The van der Waals surface area contributed by atoms with E-state index in [4.69, 9.17) is 0 Å². The Morgan fingerprint density at radius 1 is 1.55 bits per heavy atom. The predicted molar refractivity (Wildman–Crippen MR) is 80.8 cm³/mol. The number of nitrogens with zero attached hydrogens (tertiary/aromatic N) is 2. The van der Waals surface area contributed by atoms with Gasteiger partial charge >= 0.3 is 0 Å². The molecule has 1 fully saturated rings. The summed E-state index contributed by atoms with van der Waals surface area (Å²) in [7, 11) is 0. The Labute approximate surface area is 120 Å². The van der Waals surface area contributed by atoms with E-state index in [-0.39, 0.29) is 11.9 Å². The van der Waals surface area contributed by atoms with Crippen LogP contribution in [-0.4, -0.2) is 36.1 Å². The van der Waals surface area contributed by atoms with Crippen LogP contribution < -0.4 is 15.5 Å². The normalized spacial score (nSPS) is 19.6. The summed E-state index contributed by atoms with van der Waals surface area (Å²) in [5, 5.41) is 6.33. The number of aromatic nitrogens is 1. The molecular weight excluding hydrogens is 252 g/mol. The van der Waals surface area contributed by atoms with Gasteiger partial charge in [-0.2, -0.15) is 0 Å². The lowest BCUT2D eigenvalue weighted by atomic mass is 9.97. The molecule has 5 nitrogen and oxygen atoms in total. The summed E-state index contributed by atoms with van der Waals surface area (Å²) in [6.45, 7) is 10.4. The lowest BCUT2D eigenvalue weighted by Gasteiger charge is -2.43. The zero-order valence-electron chi connectivity index (χ0n) is 12.7. The van der Waals surface area contributed by atoms with E-state index in [1.807, 2.05) is 19.9 Å². The summed E-state index contributed by atoms with van der Waals surface area (Å²) < 4.78 is 0. The van der Waals surface area contributed by atoms with E-state index in [0.29, 0.717) is 6.54 Å². The third-order valence-corrected chi connectivity index (χ3v) is 3.90. The van der Waals surface area contributed by atoms with E-state index in [1.54, 1.807) is 6.20 Å². The first-order valence-corrected chi connectivity index (χ1v) is 7.22. The van der Waals surface area contributed by atoms with Gasteiger partial charge in [-0.1, -0.05) is 13.0 Å². The molecule has 1 saturated heterocycles. The Kier molecular flexibility index (Phi) is 4.28. The second kappa shape index (κ2) is 5.79. The average molecular weight is 276 g/mol. The van der Waals surface area contributed by atoms with Gasteiger partial charge in [0.1, 0.15) is 11.4 Å². The number of anilines is 1. The fraction of sp³-hybridized carbons (Fsp3) is 0.600. The van der Waals surface area contributed by atoms with Crippen LogP contribution in [0.25, 0.3) is 0 Å². The molecule has 1 amide bonds. The van der Waals surface area contributed by atoms with Crippen LogP contribution in [0.3, 0.4) is 0 Å². The summed E-state index contributed by atoms with van der Waals surface area (Å²) in [5.74, 6) is 0.956. The first kappa shape index (κ1) is 14.8. The number of rotatable bonds is 4. The zero-order chi connectivity index (χ0) is 14.8. The minimum Gasteiger partial charge on any atom is -0.352 e. The highest BCUT2D eigenvalue weighted by molar-refractivity contribution is 5.90. The minimum absolute atomic E-state index is 0.0523. The largest absolute Gasteiger partial charge is 0.352 e. The minimum atomic E-state index is -0.576. The van der Waals surface area contributed by atoms with Crippen molar-refractivity contribution in [3.05, 3.63) is 23.9 Å². The van der Waals surface area contributed by atoms with Gasteiger partial charge in [-0.25, -0.2) is 4.98 Å². The van der Waals surface area contributed by atoms with Crippen LogP contribution in [0.15, 0.2) is 18.3 Å². The fourth-order valence-electron chi connectivity index (χ4n) is 2.66. The van der Waals surface area contributed by atoms with Crippen molar-refractivity contribution in [1.29, 1.82) is 0 Å². The molecule has 1 aromatic rings. The molecule has 2 N–H and O–H groups in total. The molecule has 1 aliphatic rings. The number of carbonyl (C=O) groups is 1. The molecule has 1 atom stereocenters. The molecule has 0 bridgehead atoms. The highest BCUT2D eigenvalue weighted by Crippen LogP contribution is 2.30. The number of nitrogens with one attached hydrogen (secondary N) is 2. The van der Waals surface area contributed by atoms with Gasteiger partial charge in [-0.15, -0.1) is 0 Å². The summed E-state index contributed by atoms with van der Waals surface area (Å²) in [5.41, 5.74) is 0.560. The first-order valence-electron chi connectivity index (χ1n) is 7.22. The van der Waals surface area contributed by atoms with Crippen LogP contribution in [0.1, 0.15) is 39.3 Å². The summed E-state index contributed by atoms with van der Waals surface area (Å²) >= 11 is 0. The molecule has 0 aliphatic carbocycles. The van der Waals surface area contributed by atoms with E-state index >= 15 is 0 Å². The maximum Gasteiger partial charge on any atom is 0.245 e. The van der Waals surface area contributed by atoms with Crippen molar-refractivity contribution in [2.45, 2.75) is 39.3 Å². The third-order valence-electron chi connectivity index (χ3n) is 3.90. The summed E-state index contributed by atoms with van der Waals surface area (Å²) in [4.78, 5) is 18.8. The van der Waals surface area contributed by atoms with E-state index in [1.165, 1.54) is 0 Å². The number of hydrogen-bond acceptors (Lipinski definition) is 4. The van der Waals surface area contributed by atoms with Crippen molar-refractivity contribution in [3.8, 4) is 0 Å². The Balaban J connectivity index is 2.39. The number of pyridine rings is 1. The molecule has 2 heterocycles. The highest BCUT2D eigenvalue weighted by atomic mass is 16.2. The SMILES string of the molecule is CCNC(C)c1cccnc1N1CCNC(=O)C1(C)C. The van der Waals surface area contributed by atoms with Gasteiger partial charge in [-0.3, -0.25) is 4.79 Å². The number of amides is 1. The van der Waals surface area contributed by atoms with Gasteiger partial charge in [0.25, 0.3) is 0 Å². The van der Waals surface area contributed by atoms with Crippen LogP contribution in [0.2, 0.25) is 0 Å². The van der Waals surface area contributed by atoms with Gasteiger partial charge in [0.15, 0.2) is 0 Å². The summed E-state index contributed by atoms with van der Waals surface area (Å²) in [6, 6.07) is 4.24. The first-order chi connectivity index (χ1) is 9.48. The number of piperazine rings is 1. The van der Waals surface area contributed by atoms with Gasteiger partial charge in [-0.05, 0) is 33.4 Å². The lowest BCUT2D eigenvalue weighted by molar-refractivity contribution is -0.126. The molecule has 0 saturated carbocycles. The maximum absolute atomic E-state index is 12.1. The van der Waals surface area contributed by atoms with Crippen molar-refractivity contribution in [2.75, 3.05) is 24.5 Å². The Morgan fingerprint density at radius 2 is 2.30 bits per heavy atom. The molecule has 1 aliphatic heterocycles. The smallest absolute Gasteiger partial charge is 0.245 e. The molecule has 1 unspecified atom stereocenters. The molecule has 2 rings (SSSR count). The number of carbonyl (C=O) groups excluding carboxylic acids is 1. The predicted octanol–water partition coefficient (Wildman–Crippen LogP) is 1.47. The molecule has 0 radical (unpaired) electrons. The molecule has 0 aromatic carbocycles. The second-order valence-corrected chi connectivity index (χ2v) is 5.66. The molecule has 110 valence electrons. The molecule has 0 spiro atoms. The van der Waals surface area contributed by atoms with E-state index in [0.717, 1.165) is 24.5 Å². The van der Waals surface area contributed by atoms with E-state index < -0.39 is 5.54 Å². The van der Waals surface area contributed by atoms with Crippen molar-refractivity contribution in [3.63, 3.8) is 0 Å². The van der Waals surface area contributed by atoms with Gasteiger partial charge < -0.3 is 15.5 Å². The molecule has 1 aromatic heterocycles. The van der Waals surface area contributed by atoms with Crippen molar-refractivity contribution in [1.82, 2.24) is 15.6 Å². The van der Waals surface area contributed by atoms with Gasteiger partial charge in [0.05, 0.1) is 0 Å². The molecular formula is C15H24N4O. The van der Waals surface area contributed by atoms with E-state index in [2.05, 4.69) is 40.4 Å². The second-order valence-electron chi connectivity index (χ2n) is 5.66. The monoisotopic (exact) mass is 276 g/mol. The van der Waals surface area contributed by atoms with Gasteiger partial charge in [0.2, 0.25) is 5.91 Å². The quantitative estimate of drug-likeness (QED) is 0.874. The van der Waals surface area contributed by atoms with Crippen LogP contribution in [-0.2, 0) is 4.79 Å². The van der Waals surface area contributed by atoms with Gasteiger partial charge in [0, 0.05) is 30.9 Å². The highest BCUT2D eigenvalue weighted by Gasteiger charge is 2.39. The zero-order valence-corrected chi connectivity index (χ0v) is 12.7. The van der Waals surface area contributed by atoms with Crippen LogP contribution in [0.5, 0.6) is 0 Å². The molecule has 20 heavy (non-hydrogen) atoms. The average Bonchev–Trinajstić information content (AvgIpc) is 2.42. The molecule has 5 heteroatoms. The third kappa shape index (κ3) is 2.63. The fourth-order valence-corrected chi connectivity index (χ4v) is 2.66.